The summed E-state index contributed by atoms with van der Waals surface area (Å²) in [6, 6.07) is 20.1. The average molecular weight is 628 g/mol. The van der Waals surface area contributed by atoms with E-state index in [2.05, 4.69) is 47.1 Å². The number of ether oxygens (including phenoxy) is 1. The Morgan fingerprint density at radius 1 is 1.00 bits per heavy atom. The molecule has 3 aromatic rings. The van der Waals surface area contributed by atoms with Gasteiger partial charge >= 0.3 is 0 Å². The Kier molecular flexibility index (Phi) is 10.2. The molecule has 2 saturated heterocycles. The van der Waals surface area contributed by atoms with Gasteiger partial charge in [-0.1, -0.05) is 79.8 Å². The fourth-order valence-electron chi connectivity index (χ4n) is 5.65. The monoisotopic (exact) mass is 627 g/mol. The van der Waals surface area contributed by atoms with Gasteiger partial charge in [0.1, 0.15) is 27.5 Å². The van der Waals surface area contributed by atoms with Crippen molar-refractivity contribution in [3.05, 3.63) is 97.7 Å². The van der Waals surface area contributed by atoms with E-state index in [1.807, 2.05) is 43.3 Å². The second-order valence-electron chi connectivity index (χ2n) is 11.0. The number of hydrogen-bond acceptors (Lipinski definition) is 8. The van der Waals surface area contributed by atoms with Crippen molar-refractivity contribution >= 4 is 46.1 Å². The molecule has 2 aliphatic rings. The molecule has 0 spiro atoms. The number of rotatable bonds is 10. The van der Waals surface area contributed by atoms with E-state index in [-0.39, 0.29) is 17.0 Å². The van der Waals surface area contributed by atoms with Crippen molar-refractivity contribution < 1.29 is 9.53 Å². The summed E-state index contributed by atoms with van der Waals surface area (Å²) >= 11 is 6.91. The highest BCUT2D eigenvalue weighted by Crippen LogP contribution is 2.37. The van der Waals surface area contributed by atoms with E-state index in [1.54, 1.807) is 16.6 Å². The number of thiocarbonyl (C=S) groups is 1. The average Bonchev–Trinajstić information content (AvgIpc) is 3.30. The highest BCUT2D eigenvalue weighted by molar-refractivity contribution is 8.26. The summed E-state index contributed by atoms with van der Waals surface area (Å²) < 4.78 is 7.49. The van der Waals surface area contributed by atoms with Crippen LogP contribution in [-0.2, 0) is 24.4 Å². The summed E-state index contributed by atoms with van der Waals surface area (Å²) in [6.07, 6.45) is 3.56. The maximum absolute atomic E-state index is 13.7. The van der Waals surface area contributed by atoms with Crippen molar-refractivity contribution in [2.45, 2.75) is 46.3 Å². The van der Waals surface area contributed by atoms with E-state index in [4.69, 9.17) is 17.0 Å². The molecule has 0 aliphatic carbocycles. The topological polar surface area (TPSA) is 81.8 Å². The number of nitriles is 1. The second kappa shape index (κ2) is 14.2. The van der Waals surface area contributed by atoms with Crippen molar-refractivity contribution in [1.29, 1.82) is 5.26 Å². The van der Waals surface area contributed by atoms with Crippen molar-refractivity contribution in [1.82, 2.24) is 14.4 Å². The third-order valence-corrected chi connectivity index (χ3v) is 9.53. The Hall–Kier alpha value is -3.91. The molecule has 10 heteroatoms. The predicted molar refractivity (Wildman–Crippen MR) is 181 cm³/mol. The summed E-state index contributed by atoms with van der Waals surface area (Å²) in [5.41, 5.74) is 3.38. The van der Waals surface area contributed by atoms with Gasteiger partial charge < -0.3 is 9.64 Å². The van der Waals surface area contributed by atoms with Crippen LogP contribution in [0.1, 0.15) is 47.6 Å². The summed E-state index contributed by atoms with van der Waals surface area (Å²) in [6.45, 7) is 8.73. The van der Waals surface area contributed by atoms with Crippen LogP contribution in [0.5, 0.6) is 5.75 Å². The highest BCUT2D eigenvalue weighted by Gasteiger charge is 2.34. The Morgan fingerprint density at radius 2 is 1.68 bits per heavy atom. The highest BCUT2D eigenvalue weighted by atomic mass is 32.2. The van der Waals surface area contributed by atoms with Crippen LogP contribution in [0.2, 0.25) is 0 Å². The molecule has 1 aromatic heterocycles. The van der Waals surface area contributed by atoms with Gasteiger partial charge in [0.05, 0.1) is 18.6 Å². The van der Waals surface area contributed by atoms with E-state index in [0.717, 1.165) is 68.3 Å². The number of nitrogens with zero attached hydrogens (tertiary/aromatic N) is 5. The minimum Gasteiger partial charge on any atom is -0.497 e. The molecule has 44 heavy (non-hydrogen) atoms. The second-order valence-corrected chi connectivity index (χ2v) is 12.7. The SMILES string of the molecule is CCCCn1c(N2CCN(Cc3ccccc3)CC2)c(/C=C2/SC(=S)N(Cc3ccc(OC)cc3)C2=O)c(C)c(C#N)c1=O. The first-order valence-electron chi connectivity index (χ1n) is 14.9. The van der Waals surface area contributed by atoms with Gasteiger partial charge in [-0.3, -0.25) is 24.0 Å². The van der Waals surface area contributed by atoms with Crippen LogP contribution in [0.15, 0.2) is 64.3 Å². The van der Waals surface area contributed by atoms with Gasteiger partial charge in [-0.15, -0.1) is 0 Å². The van der Waals surface area contributed by atoms with Gasteiger partial charge in [0.15, 0.2) is 0 Å². The molecule has 5 rings (SSSR count). The van der Waals surface area contributed by atoms with Gasteiger partial charge in [0.25, 0.3) is 11.5 Å². The van der Waals surface area contributed by atoms with Crippen molar-refractivity contribution in [2.24, 2.45) is 0 Å². The molecule has 0 unspecified atom stereocenters. The van der Waals surface area contributed by atoms with Crippen LogP contribution >= 0.6 is 24.0 Å². The molecule has 2 fully saturated rings. The van der Waals surface area contributed by atoms with Crippen LogP contribution in [0, 0.1) is 18.3 Å². The first kappa shape index (κ1) is 31.5. The number of thioether (sulfide) groups is 1. The Labute approximate surface area is 268 Å². The number of carbonyl (C=O) groups excluding carboxylic acids is 1. The van der Waals surface area contributed by atoms with Gasteiger partial charge in [-0.2, -0.15) is 5.26 Å². The number of anilines is 1. The van der Waals surface area contributed by atoms with Gasteiger partial charge in [-0.25, -0.2) is 0 Å². The number of carbonyl (C=O) groups is 1. The molecule has 0 radical (unpaired) electrons. The number of methoxy groups -OCH3 is 1. The zero-order valence-electron chi connectivity index (χ0n) is 25.4. The maximum Gasteiger partial charge on any atom is 0.270 e. The van der Waals surface area contributed by atoms with Gasteiger partial charge in [0, 0.05) is 44.8 Å². The molecule has 8 nitrogen and oxygen atoms in total. The Balaban J connectivity index is 1.49. The number of hydrogen-bond donors (Lipinski definition) is 0. The summed E-state index contributed by atoms with van der Waals surface area (Å²) in [5.74, 6) is 1.34. The zero-order chi connectivity index (χ0) is 31.2. The Bertz CT molecular complexity index is 1650. The molecule has 2 aliphatic heterocycles. The zero-order valence-corrected chi connectivity index (χ0v) is 27.0. The van der Waals surface area contributed by atoms with Crippen LogP contribution in [0.3, 0.4) is 0 Å². The quantitative estimate of drug-likeness (QED) is 0.214. The standard InChI is InChI=1S/C34H37N5O3S2/c1-4-5-15-38-31(37-18-16-36(17-19-37)22-25-9-7-6-8-10-25)28(24(2)29(21-35)32(38)40)20-30-33(41)39(34(43)44-30)23-26-11-13-27(42-3)14-12-26/h6-14,20H,4-5,15-19,22-23H2,1-3H3/b30-20+. The molecule has 0 bridgehead atoms. The van der Waals surface area contributed by atoms with Crippen molar-refractivity contribution in [3.8, 4) is 11.8 Å². The molecule has 228 valence electrons. The summed E-state index contributed by atoms with van der Waals surface area (Å²) in [4.78, 5) is 34.1. The van der Waals surface area contributed by atoms with Crippen LogP contribution in [0.4, 0.5) is 5.82 Å². The molecule has 0 N–H and O–H groups in total. The van der Waals surface area contributed by atoms with E-state index < -0.39 is 0 Å². The lowest BCUT2D eigenvalue weighted by molar-refractivity contribution is -0.122. The number of unbranched alkanes of at least 4 members (excludes halogenated alkanes) is 1. The number of piperazine rings is 1. The van der Waals surface area contributed by atoms with Crippen LogP contribution < -0.4 is 15.2 Å². The summed E-state index contributed by atoms with van der Waals surface area (Å²) in [5, 5.41) is 10.0. The van der Waals surface area contributed by atoms with Crippen LogP contribution in [-0.4, -0.2) is 57.9 Å². The number of benzene rings is 2. The third kappa shape index (κ3) is 6.75. The molecule has 3 heterocycles. The fourth-order valence-corrected chi connectivity index (χ4v) is 6.89. The van der Waals surface area contributed by atoms with E-state index in [0.29, 0.717) is 27.9 Å². The van der Waals surface area contributed by atoms with E-state index in [1.165, 1.54) is 17.3 Å². The van der Waals surface area contributed by atoms with Gasteiger partial charge in [0.2, 0.25) is 0 Å². The van der Waals surface area contributed by atoms with E-state index in [9.17, 15) is 14.9 Å². The molecule has 0 atom stereocenters. The van der Waals surface area contributed by atoms with Crippen molar-refractivity contribution in [2.75, 3.05) is 38.2 Å². The molecule has 2 aromatic carbocycles. The third-order valence-electron chi connectivity index (χ3n) is 8.15. The number of aromatic nitrogens is 1. The first-order chi connectivity index (χ1) is 21.3. The molecule has 1 amide bonds. The van der Waals surface area contributed by atoms with Crippen molar-refractivity contribution in [3.63, 3.8) is 0 Å². The van der Waals surface area contributed by atoms with Crippen LogP contribution in [0.25, 0.3) is 6.08 Å². The number of amides is 1. The lowest BCUT2D eigenvalue weighted by atomic mass is 10.0. The summed E-state index contributed by atoms with van der Waals surface area (Å²) in [7, 11) is 1.62. The lowest BCUT2D eigenvalue weighted by Crippen LogP contribution is -2.48. The normalized spacial score (nSPS) is 16.5. The fraction of sp³-hybridized carbons (Fsp3) is 0.353. The molecule has 0 saturated carbocycles. The predicted octanol–water partition coefficient (Wildman–Crippen LogP) is 5.56. The minimum absolute atomic E-state index is 0.118. The largest absolute Gasteiger partial charge is 0.497 e. The smallest absolute Gasteiger partial charge is 0.270 e. The lowest BCUT2D eigenvalue weighted by Gasteiger charge is -2.38. The molecular weight excluding hydrogens is 591 g/mol. The first-order valence-corrected chi connectivity index (χ1v) is 16.1. The Morgan fingerprint density at radius 3 is 2.32 bits per heavy atom. The minimum atomic E-state index is -0.274. The van der Waals surface area contributed by atoms with Gasteiger partial charge in [-0.05, 0) is 48.2 Å². The van der Waals surface area contributed by atoms with E-state index >= 15 is 0 Å². The maximum atomic E-state index is 13.7. The molecular formula is C34H37N5O3S2. The number of pyridine rings is 1.